The Morgan fingerprint density at radius 3 is 2.55 bits per heavy atom. The van der Waals surface area contributed by atoms with Crippen molar-refractivity contribution in [3.8, 4) is 0 Å². The number of carbonyl (C=O) groups excluding carboxylic acids is 1. The van der Waals surface area contributed by atoms with Crippen LogP contribution in [0.4, 0.5) is 0 Å². The van der Waals surface area contributed by atoms with E-state index >= 15 is 0 Å². The summed E-state index contributed by atoms with van der Waals surface area (Å²) in [4.78, 5) is 23.3. The van der Waals surface area contributed by atoms with Crippen LogP contribution in [0.25, 0.3) is 0 Å². The van der Waals surface area contributed by atoms with E-state index < -0.39 is 0 Å². The molecule has 0 radical (unpaired) electrons. The fraction of sp³-hybridized carbons (Fsp3) is 0.385. The fourth-order valence-electron chi connectivity index (χ4n) is 1.91. The molecular weight excluding hydrogens is 258 g/mol. The number of amides is 1. The lowest BCUT2D eigenvalue weighted by Gasteiger charge is -2.13. The Balaban J connectivity index is 2.17. The van der Waals surface area contributed by atoms with Crippen LogP contribution in [-0.4, -0.2) is 25.5 Å². The van der Waals surface area contributed by atoms with Crippen LogP contribution in [0.1, 0.15) is 34.7 Å². The third-order valence-corrected chi connectivity index (χ3v) is 3.28. The van der Waals surface area contributed by atoms with Crippen LogP contribution >= 0.6 is 0 Å². The number of nitrogens with zero attached hydrogens (tertiary/aromatic N) is 4. The molecule has 0 aromatic carbocycles. The van der Waals surface area contributed by atoms with Crippen molar-refractivity contribution in [2.45, 2.75) is 19.9 Å². The van der Waals surface area contributed by atoms with Crippen molar-refractivity contribution in [3.63, 3.8) is 0 Å². The summed E-state index contributed by atoms with van der Waals surface area (Å²) in [6, 6.07) is 2.55. The van der Waals surface area contributed by atoms with Gasteiger partial charge in [0.2, 0.25) is 0 Å². The normalized spacial score (nSPS) is 12.2. The molecule has 20 heavy (non-hydrogen) atoms. The monoisotopic (exact) mass is 275 g/mol. The molecule has 0 aliphatic heterocycles. The Bertz CT molecular complexity index is 701. The van der Waals surface area contributed by atoms with E-state index in [1.165, 1.54) is 19.2 Å². The average molecular weight is 275 g/mol. The van der Waals surface area contributed by atoms with E-state index in [0.717, 1.165) is 15.9 Å². The van der Waals surface area contributed by atoms with Gasteiger partial charge >= 0.3 is 0 Å². The molecule has 106 valence electrons. The third kappa shape index (κ3) is 2.61. The first-order valence-corrected chi connectivity index (χ1v) is 6.24. The lowest BCUT2D eigenvalue weighted by atomic mass is 10.1. The lowest BCUT2D eigenvalue weighted by molar-refractivity contribution is 0.0932. The van der Waals surface area contributed by atoms with E-state index in [1.54, 1.807) is 10.9 Å². The second-order valence-electron chi connectivity index (χ2n) is 4.68. The maximum Gasteiger partial charge on any atom is 0.272 e. The topological polar surface area (TPSA) is 81.8 Å². The summed E-state index contributed by atoms with van der Waals surface area (Å²) in [5, 5.41) is 10.9. The number of hydrogen-bond acceptors (Lipinski definition) is 4. The molecule has 2 heterocycles. The molecule has 7 nitrogen and oxygen atoms in total. The van der Waals surface area contributed by atoms with Gasteiger partial charge in [0.25, 0.3) is 11.5 Å². The number of aryl methyl sites for hydroxylation is 2. The van der Waals surface area contributed by atoms with Crippen LogP contribution < -0.4 is 10.9 Å². The highest BCUT2D eigenvalue weighted by molar-refractivity contribution is 5.92. The van der Waals surface area contributed by atoms with Gasteiger partial charge in [-0.2, -0.15) is 10.2 Å². The van der Waals surface area contributed by atoms with E-state index in [1.807, 2.05) is 20.9 Å². The van der Waals surface area contributed by atoms with Gasteiger partial charge in [0.15, 0.2) is 0 Å². The zero-order chi connectivity index (χ0) is 14.9. The van der Waals surface area contributed by atoms with Gasteiger partial charge in [0, 0.05) is 31.4 Å². The van der Waals surface area contributed by atoms with Crippen molar-refractivity contribution in [3.05, 3.63) is 45.6 Å². The minimum Gasteiger partial charge on any atom is -0.344 e. The van der Waals surface area contributed by atoms with Gasteiger partial charge < -0.3 is 5.32 Å². The molecule has 0 saturated heterocycles. The Morgan fingerprint density at radius 1 is 1.30 bits per heavy atom. The minimum atomic E-state index is -0.323. The van der Waals surface area contributed by atoms with Gasteiger partial charge in [-0.1, -0.05) is 0 Å². The molecule has 0 aliphatic rings. The maximum atomic E-state index is 12.1. The second kappa shape index (κ2) is 5.28. The summed E-state index contributed by atoms with van der Waals surface area (Å²) in [5.41, 5.74) is 1.90. The molecule has 1 atom stereocenters. The second-order valence-corrected chi connectivity index (χ2v) is 4.68. The number of aromatic nitrogens is 4. The SMILES string of the molecule is Cc1c([C@H](C)NC(=O)c2ccc(=O)n(C)n2)cnn1C. The summed E-state index contributed by atoms with van der Waals surface area (Å²) in [6.07, 6.45) is 1.73. The van der Waals surface area contributed by atoms with Crippen LogP contribution in [0.15, 0.2) is 23.1 Å². The van der Waals surface area contributed by atoms with Crippen molar-refractivity contribution in [1.29, 1.82) is 0 Å². The van der Waals surface area contributed by atoms with Crippen molar-refractivity contribution < 1.29 is 4.79 Å². The molecule has 2 aromatic rings. The predicted molar refractivity (Wildman–Crippen MR) is 73.3 cm³/mol. The van der Waals surface area contributed by atoms with Crippen LogP contribution in [0.2, 0.25) is 0 Å². The lowest BCUT2D eigenvalue weighted by Crippen LogP contribution is -2.30. The molecule has 2 aromatic heterocycles. The number of hydrogen-bond donors (Lipinski definition) is 1. The first-order valence-electron chi connectivity index (χ1n) is 6.24. The van der Waals surface area contributed by atoms with E-state index in [0.29, 0.717) is 0 Å². The van der Waals surface area contributed by atoms with Gasteiger partial charge in [-0.25, -0.2) is 4.68 Å². The van der Waals surface area contributed by atoms with Crippen molar-refractivity contribution in [2.24, 2.45) is 14.1 Å². The number of nitrogens with one attached hydrogen (secondary N) is 1. The van der Waals surface area contributed by atoms with Gasteiger partial charge in [-0.3, -0.25) is 14.3 Å². The standard InChI is InChI=1S/C13H17N5O2/c1-8(10-7-14-17(3)9(10)2)15-13(20)11-5-6-12(19)18(4)16-11/h5-8H,1-4H3,(H,15,20)/t8-/m0/s1. The van der Waals surface area contributed by atoms with E-state index in [9.17, 15) is 9.59 Å². The summed E-state index contributed by atoms with van der Waals surface area (Å²) in [5.74, 6) is -0.323. The first-order chi connectivity index (χ1) is 9.40. The third-order valence-electron chi connectivity index (χ3n) is 3.28. The molecule has 7 heteroatoms. The van der Waals surface area contributed by atoms with E-state index in [-0.39, 0.29) is 23.2 Å². The highest BCUT2D eigenvalue weighted by atomic mass is 16.2. The Morgan fingerprint density at radius 2 is 2.00 bits per heavy atom. The molecule has 0 fully saturated rings. The molecule has 2 rings (SSSR count). The highest BCUT2D eigenvalue weighted by Gasteiger charge is 2.16. The van der Waals surface area contributed by atoms with E-state index in [2.05, 4.69) is 15.5 Å². The quantitative estimate of drug-likeness (QED) is 0.874. The molecule has 0 spiro atoms. The molecule has 0 aliphatic carbocycles. The van der Waals surface area contributed by atoms with Crippen molar-refractivity contribution in [2.75, 3.05) is 0 Å². The number of carbonyl (C=O) groups is 1. The molecule has 0 bridgehead atoms. The van der Waals surface area contributed by atoms with Crippen molar-refractivity contribution in [1.82, 2.24) is 24.9 Å². The zero-order valence-corrected chi connectivity index (χ0v) is 11.9. The van der Waals surface area contributed by atoms with Gasteiger partial charge in [0.05, 0.1) is 12.2 Å². The molecule has 0 unspecified atom stereocenters. The molecule has 1 N–H and O–H groups in total. The summed E-state index contributed by atoms with van der Waals surface area (Å²) >= 11 is 0. The summed E-state index contributed by atoms with van der Waals surface area (Å²) in [7, 11) is 3.36. The van der Waals surface area contributed by atoms with Gasteiger partial charge in [-0.15, -0.1) is 0 Å². The molecule has 0 saturated carbocycles. The Kier molecular flexibility index (Phi) is 3.69. The van der Waals surface area contributed by atoms with Crippen molar-refractivity contribution >= 4 is 5.91 Å². The maximum absolute atomic E-state index is 12.1. The predicted octanol–water partition coefficient (Wildman–Crippen LogP) is 0.313. The fourth-order valence-corrected chi connectivity index (χ4v) is 1.91. The van der Waals surface area contributed by atoms with Gasteiger partial charge in [0.1, 0.15) is 5.69 Å². The first kappa shape index (κ1) is 14.0. The van der Waals surface area contributed by atoms with Crippen LogP contribution in [0, 0.1) is 6.92 Å². The summed E-state index contributed by atoms with van der Waals surface area (Å²) < 4.78 is 2.89. The van der Waals surface area contributed by atoms with E-state index in [4.69, 9.17) is 0 Å². The Labute approximate surface area is 116 Å². The van der Waals surface area contributed by atoms with Crippen LogP contribution in [0.3, 0.4) is 0 Å². The minimum absolute atomic E-state index is 0.185. The smallest absolute Gasteiger partial charge is 0.272 e. The summed E-state index contributed by atoms with van der Waals surface area (Å²) in [6.45, 7) is 3.82. The zero-order valence-electron chi connectivity index (χ0n) is 11.9. The highest BCUT2D eigenvalue weighted by Crippen LogP contribution is 2.16. The molecule has 1 amide bonds. The average Bonchev–Trinajstić information content (AvgIpc) is 2.73. The van der Waals surface area contributed by atoms with Crippen LogP contribution in [-0.2, 0) is 14.1 Å². The van der Waals surface area contributed by atoms with Crippen LogP contribution in [0.5, 0.6) is 0 Å². The molecular formula is C13H17N5O2. The Hall–Kier alpha value is -2.44. The number of rotatable bonds is 3. The largest absolute Gasteiger partial charge is 0.344 e. The van der Waals surface area contributed by atoms with Gasteiger partial charge in [-0.05, 0) is 19.9 Å².